The summed E-state index contributed by atoms with van der Waals surface area (Å²) < 4.78 is 37.7. The van der Waals surface area contributed by atoms with Crippen LogP contribution in [0.4, 0.5) is 13.2 Å². The van der Waals surface area contributed by atoms with Crippen LogP contribution in [0.15, 0.2) is 0 Å². The summed E-state index contributed by atoms with van der Waals surface area (Å²) in [5.74, 6) is 0. The first-order valence-corrected chi connectivity index (χ1v) is 7.45. The Morgan fingerprint density at radius 3 is 2.21 bits per heavy atom. The van der Waals surface area contributed by atoms with Crippen molar-refractivity contribution in [3.8, 4) is 0 Å². The van der Waals surface area contributed by atoms with Gasteiger partial charge in [0.25, 0.3) is 0 Å². The molecule has 0 aliphatic heterocycles. The Morgan fingerprint density at radius 1 is 1.11 bits per heavy atom. The average Bonchev–Trinajstić information content (AvgIpc) is 3.18. The standard InChI is InChI=1S/C14H25F3N2/c15-14(16,17)11-19(12-4-5-12)9-8-13(10-18)6-2-1-3-7-13/h12H,1-11,18H2. The maximum atomic E-state index is 12.6. The Balaban J connectivity index is 1.86. The summed E-state index contributed by atoms with van der Waals surface area (Å²) in [6.07, 6.45) is 4.39. The quantitative estimate of drug-likeness (QED) is 0.807. The lowest BCUT2D eigenvalue weighted by Gasteiger charge is -2.38. The van der Waals surface area contributed by atoms with Crippen molar-refractivity contribution in [3.63, 3.8) is 0 Å². The predicted molar refractivity (Wildman–Crippen MR) is 69.8 cm³/mol. The van der Waals surface area contributed by atoms with Gasteiger partial charge in [0.1, 0.15) is 0 Å². The van der Waals surface area contributed by atoms with Crippen molar-refractivity contribution in [2.24, 2.45) is 11.1 Å². The molecule has 2 rings (SSSR count). The lowest BCUT2D eigenvalue weighted by Crippen LogP contribution is -2.41. The number of hydrogen-bond donors (Lipinski definition) is 1. The highest BCUT2D eigenvalue weighted by molar-refractivity contribution is 4.89. The lowest BCUT2D eigenvalue weighted by atomic mass is 9.72. The molecule has 2 aliphatic rings. The van der Waals surface area contributed by atoms with Gasteiger partial charge in [0.05, 0.1) is 6.54 Å². The van der Waals surface area contributed by atoms with Gasteiger partial charge in [-0.2, -0.15) is 13.2 Å². The third-order valence-corrected chi connectivity index (χ3v) is 4.72. The van der Waals surface area contributed by atoms with Gasteiger partial charge in [-0.15, -0.1) is 0 Å². The van der Waals surface area contributed by atoms with Crippen molar-refractivity contribution in [2.45, 2.75) is 63.6 Å². The lowest BCUT2D eigenvalue weighted by molar-refractivity contribution is -0.148. The Labute approximate surface area is 113 Å². The molecule has 2 fully saturated rings. The van der Waals surface area contributed by atoms with Gasteiger partial charge in [0, 0.05) is 6.04 Å². The van der Waals surface area contributed by atoms with Crippen LogP contribution >= 0.6 is 0 Å². The van der Waals surface area contributed by atoms with E-state index in [0.29, 0.717) is 13.1 Å². The van der Waals surface area contributed by atoms with Gasteiger partial charge in [-0.05, 0) is 50.6 Å². The first-order valence-electron chi connectivity index (χ1n) is 7.45. The van der Waals surface area contributed by atoms with E-state index in [9.17, 15) is 13.2 Å². The van der Waals surface area contributed by atoms with E-state index < -0.39 is 12.7 Å². The summed E-state index contributed by atoms with van der Waals surface area (Å²) in [5.41, 5.74) is 6.01. The minimum atomic E-state index is -4.08. The summed E-state index contributed by atoms with van der Waals surface area (Å²) in [7, 11) is 0. The van der Waals surface area contributed by atoms with Gasteiger partial charge >= 0.3 is 6.18 Å². The van der Waals surface area contributed by atoms with Crippen molar-refractivity contribution in [3.05, 3.63) is 0 Å². The first kappa shape index (κ1) is 15.1. The summed E-state index contributed by atoms with van der Waals surface area (Å²) in [6.45, 7) is 0.428. The molecule has 0 aromatic heterocycles. The van der Waals surface area contributed by atoms with E-state index in [4.69, 9.17) is 5.73 Å². The van der Waals surface area contributed by atoms with Crippen LogP contribution in [-0.2, 0) is 0 Å². The molecule has 0 aromatic carbocycles. The Hall–Kier alpha value is -0.290. The highest BCUT2D eigenvalue weighted by Gasteiger charge is 2.39. The van der Waals surface area contributed by atoms with Crippen molar-refractivity contribution < 1.29 is 13.2 Å². The number of alkyl halides is 3. The molecule has 0 bridgehead atoms. The molecule has 19 heavy (non-hydrogen) atoms. The number of nitrogens with zero attached hydrogens (tertiary/aromatic N) is 1. The summed E-state index contributed by atoms with van der Waals surface area (Å²) in [4.78, 5) is 1.63. The molecule has 0 aromatic rings. The highest BCUT2D eigenvalue weighted by Crippen LogP contribution is 2.39. The molecule has 2 N–H and O–H groups in total. The van der Waals surface area contributed by atoms with Crippen LogP contribution in [0.3, 0.4) is 0 Å². The molecule has 0 atom stereocenters. The second-order valence-electron chi connectivity index (χ2n) is 6.33. The molecule has 0 saturated heterocycles. The molecule has 2 aliphatic carbocycles. The fourth-order valence-electron chi connectivity index (χ4n) is 3.30. The molecule has 2 nitrogen and oxygen atoms in total. The van der Waals surface area contributed by atoms with Crippen LogP contribution in [0.2, 0.25) is 0 Å². The maximum Gasteiger partial charge on any atom is 0.401 e. The summed E-state index contributed by atoms with van der Waals surface area (Å²) in [5, 5.41) is 0. The van der Waals surface area contributed by atoms with Gasteiger partial charge < -0.3 is 5.73 Å². The SMILES string of the molecule is NCC1(CCN(CC(F)(F)F)C2CC2)CCCCC1. The number of hydrogen-bond acceptors (Lipinski definition) is 2. The number of rotatable bonds is 6. The zero-order chi connectivity index (χ0) is 13.9. The summed E-state index contributed by atoms with van der Waals surface area (Å²) in [6, 6.07) is 0.167. The largest absolute Gasteiger partial charge is 0.401 e. The molecule has 2 saturated carbocycles. The third kappa shape index (κ3) is 4.63. The van der Waals surface area contributed by atoms with E-state index in [0.717, 1.165) is 32.1 Å². The van der Waals surface area contributed by atoms with E-state index in [1.165, 1.54) is 19.3 Å². The van der Waals surface area contributed by atoms with Crippen LogP contribution in [-0.4, -0.2) is 36.8 Å². The molecule has 5 heteroatoms. The van der Waals surface area contributed by atoms with Crippen LogP contribution in [0.1, 0.15) is 51.4 Å². The molecular formula is C14H25F3N2. The van der Waals surface area contributed by atoms with Crippen LogP contribution in [0.25, 0.3) is 0 Å². The smallest absolute Gasteiger partial charge is 0.330 e. The van der Waals surface area contributed by atoms with Crippen molar-refractivity contribution in [2.75, 3.05) is 19.6 Å². The minimum Gasteiger partial charge on any atom is -0.330 e. The van der Waals surface area contributed by atoms with Crippen LogP contribution < -0.4 is 5.73 Å². The number of nitrogens with two attached hydrogens (primary N) is 1. The van der Waals surface area contributed by atoms with Crippen molar-refractivity contribution >= 4 is 0 Å². The molecule has 112 valence electrons. The Morgan fingerprint density at radius 2 is 1.74 bits per heavy atom. The number of halogens is 3. The molecule has 0 radical (unpaired) electrons. The van der Waals surface area contributed by atoms with Crippen LogP contribution in [0.5, 0.6) is 0 Å². The Kier molecular flexibility index (Phi) is 4.77. The predicted octanol–water partition coefficient (Wildman–Crippen LogP) is 3.31. The molecule has 0 amide bonds. The maximum absolute atomic E-state index is 12.6. The van der Waals surface area contributed by atoms with E-state index in [-0.39, 0.29) is 11.5 Å². The first-order chi connectivity index (χ1) is 8.94. The van der Waals surface area contributed by atoms with E-state index in [1.807, 2.05) is 0 Å². The van der Waals surface area contributed by atoms with E-state index >= 15 is 0 Å². The molecular weight excluding hydrogens is 253 g/mol. The fourth-order valence-corrected chi connectivity index (χ4v) is 3.30. The fraction of sp³-hybridized carbons (Fsp3) is 1.00. The minimum absolute atomic E-state index is 0.108. The van der Waals surface area contributed by atoms with E-state index in [2.05, 4.69) is 0 Å². The summed E-state index contributed by atoms with van der Waals surface area (Å²) >= 11 is 0. The molecule has 0 spiro atoms. The van der Waals surface area contributed by atoms with Gasteiger partial charge in [0.15, 0.2) is 0 Å². The van der Waals surface area contributed by atoms with Crippen LogP contribution in [0, 0.1) is 5.41 Å². The second-order valence-corrected chi connectivity index (χ2v) is 6.33. The zero-order valence-corrected chi connectivity index (χ0v) is 11.5. The third-order valence-electron chi connectivity index (χ3n) is 4.72. The monoisotopic (exact) mass is 278 g/mol. The second kappa shape index (κ2) is 6.00. The zero-order valence-electron chi connectivity index (χ0n) is 11.5. The van der Waals surface area contributed by atoms with E-state index in [1.54, 1.807) is 4.90 Å². The topological polar surface area (TPSA) is 29.3 Å². The molecule has 0 unspecified atom stereocenters. The average molecular weight is 278 g/mol. The highest BCUT2D eigenvalue weighted by atomic mass is 19.4. The van der Waals surface area contributed by atoms with Gasteiger partial charge in [-0.25, -0.2) is 0 Å². The van der Waals surface area contributed by atoms with Gasteiger partial charge in [0.2, 0.25) is 0 Å². The molecule has 0 heterocycles. The van der Waals surface area contributed by atoms with Gasteiger partial charge in [-0.1, -0.05) is 19.3 Å². The normalized spacial score (nSPS) is 23.8. The Bertz CT molecular complexity index is 281. The van der Waals surface area contributed by atoms with Crippen molar-refractivity contribution in [1.29, 1.82) is 0 Å². The van der Waals surface area contributed by atoms with Gasteiger partial charge in [-0.3, -0.25) is 4.90 Å². The van der Waals surface area contributed by atoms with Crippen molar-refractivity contribution in [1.82, 2.24) is 4.90 Å².